The van der Waals surface area contributed by atoms with E-state index >= 15 is 0 Å². The second-order valence-electron chi connectivity index (χ2n) is 4.78. The molecule has 0 spiro atoms. The lowest BCUT2D eigenvalue weighted by Crippen LogP contribution is -2.22. The van der Waals surface area contributed by atoms with Crippen molar-refractivity contribution < 1.29 is 9.32 Å². The summed E-state index contributed by atoms with van der Waals surface area (Å²) in [6.45, 7) is 2.30. The molecule has 0 saturated heterocycles. The summed E-state index contributed by atoms with van der Waals surface area (Å²) in [4.78, 5) is 18.6. The smallest absolute Gasteiger partial charge is 0.252 e. The number of thiophene rings is 1. The highest BCUT2D eigenvalue weighted by molar-refractivity contribution is 7.98. The van der Waals surface area contributed by atoms with Gasteiger partial charge in [0.25, 0.3) is 5.91 Å². The van der Waals surface area contributed by atoms with Crippen LogP contribution in [-0.2, 0) is 12.3 Å². The molecule has 0 aliphatic rings. The molecule has 0 unspecified atom stereocenters. The molecule has 0 bridgehead atoms. The third kappa shape index (κ3) is 4.20. The van der Waals surface area contributed by atoms with E-state index in [4.69, 9.17) is 4.52 Å². The van der Waals surface area contributed by atoms with Crippen molar-refractivity contribution in [1.29, 1.82) is 0 Å². The molecule has 0 saturated carbocycles. The molecule has 0 aliphatic heterocycles. The van der Waals surface area contributed by atoms with Gasteiger partial charge in [0.1, 0.15) is 0 Å². The van der Waals surface area contributed by atoms with E-state index in [-0.39, 0.29) is 5.91 Å². The Balaban J connectivity index is 1.65. The maximum absolute atomic E-state index is 12.4. The van der Waals surface area contributed by atoms with Crippen LogP contribution in [0, 0.1) is 6.92 Å². The highest BCUT2D eigenvalue weighted by Crippen LogP contribution is 2.25. The van der Waals surface area contributed by atoms with Crippen LogP contribution in [0.5, 0.6) is 0 Å². The van der Waals surface area contributed by atoms with Gasteiger partial charge in [0.05, 0.1) is 17.9 Å². The van der Waals surface area contributed by atoms with E-state index in [0.717, 1.165) is 9.77 Å². The average Bonchev–Trinajstić information content (AvgIpc) is 3.22. The zero-order valence-electron chi connectivity index (χ0n) is 12.5. The number of nitrogens with zero attached hydrogens (tertiary/aromatic N) is 2. The Morgan fingerprint density at radius 1 is 1.30 bits per heavy atom. The Bertz CT molecular complexity index is 784. The van der Waals surface area contributed by atoms with Gasteiger partial charge in [0.15, 0.2) is 5.82 Å². The van der Waals surface area contributed by atoms with Crippen LogP contribution in [-0.4, -0.2) is 16.0 Å². The first kappa shape index (κ1) is 15.8. The van der Waals surface area contributed by atoms with E-state index in [1.165, 1.54) is 11.8 Å². The Labute approximate surface area is 142 Å². The largest absolute Gasteiger partial charge is 0.347 e. The van der Waals surface area contributed by atoms with Crippen LogP contribution in [0.3, 0.4) is 0 Å². The molecule has 2 heterocycles. The van der Waals surface area contributed by atoms with Crippen molar-refractivity contribution in [2.24, 2.45) is 0 Å². The third-order valence-electron chi connectivity index (χ3n) is 3.06. The number of aryl methyl sites for hydroxylation is 1. The Morgan fingerprint density at radius 3 is 2.91 bits per heavy atom. The minimum Gasteiger partial charge on any atom is -0.347 e. The number of rotatable bonds is 6. The summed E-state index contributed by atoms with van der Waals surface area (Å²) >= 11 is 3.15. The highest BCUT2D eigenvalue weighted by Gasteiger charge is 2.12. The van der Waals surface area contributed by atoms with Gasteiger partial charge in [0, 0.05) is 16.7 Å². The molecule has 118 valence electrons. The van der Waals surface area contributed by atoms with Crippen molar-refractivity contribution in [3.05, 3.63) is 63.9 Å². The lowest BCUT2D eigenvalue weighted by Gasteiger charge is -2.08. The summed E-state index contributed by atoms with van der Waals surface area (Å²) in [6, 6.07) is 11.5. The lowest BCUT2D eigenvalue weighted by molar-refractivity contribution is 0.0948. The van der Waals surface area contributed by atoms with Crippen molar-refractivity contribution in [1.82, 2.24) is 15.5 Å². The number of aromatic nitrogens is 2. The fraction of sp³-hybridized carbons (Fsp3) is 0.188. The number of nitrogens with one attached hydrogen (secondary N) is 1. The van der Waals surface area contributed by atoms with Gasteiger partial charge in [0.2, 0.25) is 5.89 Å². The Morgan fingerprint density at radius 2 is 2.17 bits per heavy atom. The predicted molar refractivity (Wildman–Crippen MR) is 90.5 cm³/mol. The van der Waals surface area contributed by atoms with Gasteiger partial charge >= 0.3 is 0 Å². The van der Waals surface area contributed by atoms with Gasteiger partial charge < -0.3 is 9.84 Å². The molecule has 5 nitrogen and oxygen atoms in total. The Kier molecular flexibility index (Phi) is 5.09. The molecule has 0 fully saturated rings. The first-order chi connectivity index (χ1) is 11.2. The summed E-state index contributed by atoms with van der Waals surface area (Å²) in [5, 5.41) is 8.82. The van der Waals surface area contributed by atoms with Gasteiger partial charge in [-0.15, -0.1) is 23.1 Å². The van der Waals surface area contributed by atoms with Crippen LogP contribution in [0.1, 0.15) is 27.0 Å². The molecule has 0 aliphatic carbocycles. The molecule has 2 aromatic heterocycles. The monoisotopic (exact) mass is 345 g/mol. The molecular weight excluding hydrogens is 330 g/mol. The van der Waals surface area contributed by atoms with E-state index in [2.05, 4.69) is 15.5 Å². The first-order valence-corrected chi connectivity index (χ1v) is 8.90. The van der Waals surface area contributed by atoms with Crippen molar-refractivity contribution in [2.45, 2.75) is 24.1 Å². The molecule has 0 radical (unpaired) electrons. The summed E-state index contributed by atoms with van der Waals surface area (Å²) in [6.07, 6.45) is 0. The van der Waals surface area contributed by atoms with E-state index in [0.29, 0.717) is 29.6 Å². The number of hydrogen-bond donors (Lipinski definition) is 1. The first-order valence-electron chi connectivity index (χ1n) is 7.04. The van der Waals surface area contributed by atoms with Crippen molar-refractivity contribution in [3.63, 3.8) is 0 Å². The fourth-order valence-corrected chi connectivity index (χ4v) is 3.54. The topological polar surface area (TPSA) is 68.0 Å². The van der Waals surface area contributed by atoms with Gasteiger partial charge in [-0.2, -0.15) is 4.98 Å². The van der Waals surface area contributed by atoms with E-state index < -0.39 is 0 Å². The maximum atomic E-state index is 12.4. The molecule has 7 heteroatoms. The van der Waals surface area contributed by atoms with Crippen LogP contribution in [0.2, 0.25) is 0 Å². The molecule has 3 rings (SSSR count). The molecule has 3 aromatic rings. The number of benzene rings is 1. The quantitative estimate of drug-likeness (QED) is 0.691. The summed E-state index contributed by atoms with van der Waals surface area (Å²) in [5.41, 5.74) is 0.661. The van der Waals surface area contributed by atoms with Gasteiger partial charge in [-0.25, -0.2) is 0 Å². The zero-order valence-corrected chi connectivity index (χ0v) is 14.1. The number of hydrogen-bond acceptors (Lipinski definition) is 6. The second kappa shape index (κ2) is 7.43. The third-order valence-corrected chi connectivity index (χ3v) is 5.01. The van der Waals surface area contributed by atoms with Crippen LogP contribution >= 0.6 is 23.1 Å². The van der Waals surface area contributed by atoms with E-state index in [1.54, 1.807) is 18.3 Å². The Hall–Kier alpha value is -2.12. The van der Waals surface area contributed by atoms with Crippen LogP contribution in [0.15, 0.2) is 51.2 Å². The molecule has 1 aromatic carbocycles. The van der Waals surface area contributed by atoms with Crippen molar-refractivity contribution in [3.8, 4) is 0 Å². The number of thioether (sulfide) groups is 1. The minimum absolute atomic E-state index is 0.0780. The average molecular weight is 345 g/mol. The van der Waals surface area contributed by atoms with Crippen LogP contribution in [0.25, 0.3) is 0 Å². The minimum atomic E-state index is -0.0780. The summed E-state index contributed by atoms with van der Waals surface area (Å²) in [7, 11) is 0. The maximum Gasteiger partial charge on any atom is 0.252 e. The molecular formula is C16H15N3O2S2. The standard InChI is InChI=1S/C16H15N3O2S2/c1-11-18-15(19-21-11)10-23-14-7-3-2-6-13(14)16(20)17-9-12-5-4-8-22-12/h2-8H,9-10H2,1H3,(H,17,20). The SMILES string of the molecule is Cc1nc(CSc2ccccc2C(=O)NCc2cccs2)no1. The van der Waals surface area contributed by atoms with Crippen molar-refractivity contribution in [2.75, 3.05) is 0 Å². The van der Waals surface area contributed by atoms with E-state index in [1.807, 2.05) is 41.8 Å². The second-order valence-corrected chi connectivity index (χ2v) is 6.83. The lowest BCUT2D eigenvalue weighted by atomic mass is 10.2. The van der Waals surface area contributed by atoms with Crippen LogP contribution < -0.4 is 5.32 Å². The summed E-state index contributed by atoms with van der Waals surface area (Å²) < 4.78 is 4.96. The molecule has 23 heavy (non-hydrogen) atoms. The number of carbonyl (C=O) groups excluding carboxylic acids is 1. The summed E-state index contributed by atoms with van der Waals surface area (Å²) in [5.74, 6) is 1.65. The van der Waals surface area contributed by atoms with Crippen molar-refractivity contribution >= 4 is 29.0 Å². The molecule has 1 N–H and O–H groups in total. The van der Waals surface area contributed by atoms with Gasteiger partial charge in [-0.05, 0) is 23.6 Å². The predicted octanol–water partition coefficient (Wildman–Crippen LogP) is 3.66. The van der Waals surface area contributed by atoms with E-state index in [9.17, 15) is 4.79 Å². The zero-order chi connectivity index (χ0) is 16.1. The fourth-order valence-electron chi connectivity index (χ4n) is 2.00. The van der Waals surface area contributed by atoms with Gasteiger partial charge in [-0.1, -0.05) is 23.4 Å². The molecule has 1 amide bonds. The number of carbonyl (C=O) groups is 1. The normalized spacial score (nSPS) is 10.7. The molecule has 0 atom stereocenters. The van der Waals surface area contributed by atoms with Gasteiger partial charge in [-0.3, -0.25) is 4.79 Å². The highest BCUT2D eigenvalue weighted by atomic mass is 32.2. The van der Waals surface area contributed by atoms with Crippen LogP contribution in [0.4, 0.5) is 0 Å². The number of amides is 1.